The van der Waals surface area contributed by atoms with Gasteiger partial charge in [-0.2, -0.15) is 0 Å². The molecule has 0 unspecified atom stereocenters. The van der Waals surface area contributed by atoms with Gasteiger partial charge in [0.1, 0.15) is 5.75 Å². The maximum absolute atomic E-state index is 11.7. The summed E-state index contributed by atoms with van der Waals surface area (Å²) in [7, 11) is 0. The Morgan fingerprint density at radius 3 is 3.06 bits per heavy atom. The summed E-state index contributed by atoms with van der Waals surface area (Å²) in [6.07, 6.45) is 1.68. The van der Waals surface area contributed by atoms with Crippen molar-refractivity contribution in [2.75, 3.05) is 11.9 Å². The Morgan fingerprint density at radius 1 is 1.47 bits per heavy atom. The molecule has 0 atom stereocenters. The molecule has 90 valence electrons. The van der Waals surface area contributed by atoms with Crippen LogP contribution < -0.4 is 10.1 Å². The van der Waals surface area contributed by atoms with Crippen molar-refractivity contribution in [2.45, 2.75) is 26.2 Å². The summed E-state index contributed by atoms with van der Waals surface area (Å²) in [4.78, 5) is 23.1. The lowest BCUT2D eigenvalue weighted by Gasteiger charge is -2.08. The van der Waals surface area contributed by atoms with Crippen molar-refractivity contribution >= 4 is 17.4 Å². The third-order valence-electron chi connectivity index (χ3n) is 2.64. The number of nitrogens with one attached hydrogen (secondary N) is 1. The Labute approximate surface area is 100.0 Å². The molecule has 0 saturated carbocycles. The molecule has 1 aliphatic heterocycles. The molecule has 0 aliphatic carbocycles. The van der Waals surface area contributed by atoms with E-state index in [2.05, 4.69) is 5.32 Å². The number of fused-ring (bicyclic) bond motifs is 1. The van der Waals surface area contributed by atoms with Gasteiger partial charge >= 0.3 is 0 Å². The van der Waals surface area contributed by atoms with Crippen LogP contribution in [-0.2, 0) is 4.79 Å². The lowest BCUT2D eigenvalue weighted by Crippen LogP contribution is -2.10. The summed E-state index contributed by atoms with van der Waals surface area (Å²) >= 11 is 0. The number of Topliss-reactive ketones (excluding diaryl/α,β-unsaturated/α-hetero) is 1. The van der Waals surface area contributed by atoms with E-state index >= 15 is 0 Å². The fourth-order valence-corrected chi connectivity index (χ4v) is 1.76. The molecule has 0 fully saturated rings. The minimum Gasteiger partial charge on any atom is -0.491 e. The zero-order valence-electron chi connectivity index (χ0n) is 9.79. The van der Waals surface area contributed by atoms with Crippen molar-refractivity contribution in [1.29, 1.82) is 0 Å². The summed E-state index contributed by atoms with van der Waals surface area (Å²) in [6, 6.07) is 5.18. The van der Waals surface area contributed by atoms with Crippen LogP contribution in [0.25, 0.3) is 0 Å². The van der Waals surface area contributed by atoms with Gasteiger partial charge in [-0.1, -0.05) is 6.92 Å². The van der Waals surface area contributed by atoms with Crippen LogP contribution in [0.1, 0.15) is 36.5 Å². The lowest BCUT2D eigenvalue weighted by atomic mass is 10.1. The van der Waals surface area contributed by atoms with E-state index in [0.29, 0.717) is 36.4 Å². The van der Waals surface area contributed by atoms with E-state index in [1.165, 1.54) is 0 Å². The summed E-state index contributed by atoms with van der Waals surface area (Å²) in [5.74, 6) is 0.640. The molecule has 1 aliphatic rings. The molecule has 2 rings (SSSR count). The molecule has 4 nitrogen and oxygen atoms in total. The van der Waals surface area contributed by atoms with Gasteiger partial charge in [0.2, 0.25) is 5.91 Å². The molecule has 0 bridgehead atoms. The average Bonchev–Trinajstić information content (AvgIpc) is 2.49. The van der Waals surface area contributed by atoms with Crippen LogP contribution in [0.15, 0.2) is 18.2 Å². The van der Waals surface area contributed by atoms with E-state index in [0.717, 1.165) is 6.42 Å². The highest BCUT2D eigenvalue weighted by Gasteiger charge is 2.15. The number of ether oxygens (including phenoxy) is 1. The third-order valence-corrected chi connectivity index (χ3v) is 2.64. The number of anilines is 1. The molecule has 0 spiro atoms. The average molecular weight is 233 g/mol. The Morgan fingerprint density at radius 2 is 2.29 bits per heavy atom. The van der Waals surface area contributed by atoms with Crippen LogP contribution in [0.3, 0.4) is 0 Å². The van der Waals surface area contributed by atoms with E-state index in [-0.39, 0.29) is 11.7 Å². The van der Waals surface area contributed by atoms with E-state index < -0.39 is 0 Å². The first kappa shape index (κ1) is 11.6. The zero-order chi connectivity index (χ0) is 12.3. The first-order valence-electron chi connectivity index (χ1n) is 5.80. The van der Waals surface area contributed by atoms with Crippen molar-refractivity contribution in [1.82, 2.24) is 0 Å². The van der Waals surface area contributed by atoms with Crippen molar-refractivity contribution in [3.63, 3.8) is 0 Å². The molecule has 1 N–H and O–H groups in total. The van der Waals surface area contributed by atoms with E-state index in [1.54, 1.807) is 18.2 Å². The Balaban J connectivity index is 2.29. The summed E-state index contributed by atoms with van der Waals surface area (Å²) in [6.45, 7) is 2.34. The second kappa shape index (κ2) is 4.99. The van der Waals surface area contributed by atoms with Gasteiger partial charge in [-0.3, -0.25) is 9.59 Å². The SMILES string of the molecule is CCCC(=O)c1ccc2c(c1)NC(=O)CCO2. The minimum absolute atomic E-state index is 0.0798. The quantitative estimate of drug-likeness (QED) is 0.815. The monoisotopic (exact) mass is 233 g/mol. The molecule has 17 heavy (non-hydrogen) atoms. The standard InChI is InChI=1S/C13H15NO3/c1-2-3-11(15)9-4-5-12-10(8-9)14-13(16)6-7-17-12/h4-5,8H,2-3,6-7H2,1H3,(H,14,16). The maximum atomic E-state index is 11.7. The molecule has 1 aromatic carbocycles. The van der Waals surface area contributed by atoms with Crippen LogP contribution in [-0.4, -0.2) is 18.3 Å². The molecule has 0 saturated heterocycles. The number of hydrogen-bond acceptors (Lipinski definition) is 3. The predicted octanol–water partition coefficient (Wildman–Crippen LogP) is 2.39. The zero-order valence-corrected chi connectivity index (χ0v) is 9.79. The molecule has 1 aromatic rings. The fraction of sp³-hybridized carbons (Fsp3) is 0.385. The number of amides is 1. The van der Waals surface area contributed by atoms with Crippen molar-refractivity contribution < 1.29 is 14.3 Å². The van der Waals surface area contributed by atoms with Crippen LogP contribution in [0.2, 0.25) is 0 Å². The van der Waals surface area contributed by atoms with E-state index in [1.807, 2.05) is 6.92 Å². The van der Waals surface area contributed by atoms with E-state index in [9.17, 15) is 9.59 Å². The number of ketones is 1. The van der Waals surface area contributed by atoms with Crippen molar-refractivity contribution in [3.8, 4) is 5.75 Å². The molecular weight excluding hydrogens is 218 g/mol. The molecule has 0 aromatic heterocycles. The smallest absolute Gasteiger partial charge is 0.227 e. The summed E-state index contributed by atoms with van der Waals surface area (Å²) in [5.41, 5.74) is 1.21. The van der Waals surface area contributed by atoms with Crippen molar-refractivity contribution in [2.24, 2.45) is 0 Å². The van der Waals surface area contributed by atoms with Crippen LogP contribution >= 0.6 is 0 Å². The first-order chi connectivity index (χ1) is 8.20. The molecule has 4 heteroatoms. The van der Waals surface area contributed by atoms with Gasteiger partial charge in [-0.25, -0.2) is 0 Å². The van der Waals surface area contributed by atoms with Gasteiger partial charge < -0.3 is 10.1 Å². The van der Waals surface area contributed by atoms with Gasteiger partial charge in [0.05, 0.1) is 18.7 Å². The maximum Gasteiger partial charge on any atom is 0.227 e. The van der Waals surface area contributed by atoms with Gasteiger partial charge in [0.15, 0.2) is 5.78 Å². The van der Waals surface area contributed by atoms with Gasteiger partial charge in [-0.05, 0) is 24.6 Å². The number of hydrogen-bond donors (Lipinski definition) is 1. The molecule has 0 radical (unpaired) electrons. The lowest BCUT2D eigenvalue weighted by molar-refractivity contribution is -0.116. The number of carbonyl (C=O) groups excluding carboxylic acids is 2. The highest BCUT2D eigenvalue weighted by Crippen LogP contribution is 2.28. The minimum atomic E-state index is -0.0798. The highest BCUT2D eigenvalue weighted by atomic mass is 16.5. The van der Waals surface area contributed by atoms with Crippen molar-refractivity contribution in [3.05, 3.63) is 23.8 Å². The van der Waals surface area contributed by atoms with Crippen LogP contribution in [0.4, 0.5) is 5.69 Å². The Bertz CT molecular complexity index is 454. The van der Waals surface area contributed by atoms with E-state index in [4.69, 9.17) is 4.74 Å². The molecule has 1 amide bonds. The second-order valence-electron chi connectivity index (χ2n) is 4.03. The normalized spacial score (nSPS) is 14.3. The first-order valence-corrected chi connectivity index (χ1v) is 5.80. The predicted molar refractivity (Wildman–Crippen MR) is 64.4 cm³/mol. The topological polar surface area (TPSA) is 55.4 Å². The fourth-order valence-electron chi connectivity index (χ4n) is 1.76. The Kier molecular flexibility index (Phi) is 3.42. The summed E-state index contributed by atoms with van der Waals surface area (Å²) in [5, 5.41) is 2.74. The Hall–Kier alpha value is -1.84. The third kappa shape index (κ3) is 2.64. The number of carbonyl (C=O) groups is 2. The molecule has 1 heterocycles. The van der Waals surface area contributed by atoms with Crippen LogP contribution in [0, 0.1) is 0 Å². The molecular formula is C13H15NO3. The number of benzene rings is 1. The van der Waals surface area contributed by atoms with Crippen LogP contribution in [0.5, 0.6) is 5.75 Å². The second-order valence-corrected chi connectivity index (χ2v) is 4.03. The van der Waals surface area contributed by atoms with Gasteiger partial charge in [0.25, 0.3) is 0 Å². The number of rotatable bonds is 3. The highest BCUT2D eigenvalue weighted by molar-refractivity contribution is 5.99. The summed E-state index contributed by atoms with van der Waals surface area (Å²) < 4.78 is 5.42. The van der Waals surface area contributed by atoms with Gasteiger partial charge in [0, 0.05) is 12.0 Å². The van der Waals surface area contributed by atoms with Gasteiger partial charge in [-0.15, -0.1) is 0 Å². The largest absolute Gasteiger partial charge is 0.491 e.